The minimum atomic E-state index is -1.06. The van der Waals surface area contributed by atoms with Crippen LogP contribution >= 0.6 is 0 Å². The number of hydrogen-bond acceptors (Lipinski definition) is 3. The number of imidazole rings is 1. The first-order valence-electron chi connectivity index (χ1n) is 3.83. The summed E-state index contributed by atoms with van der Waals surface area (Å²) in [5.41, 5.74) is 0.782. The lowest BCUT2D eigenvalue weighted by molar-refractivity contribution is 0.0689. The highest BCUT2D eigenvalue weighted by atomic mass is 16.4. The van der Waals surface area contributed by atoms with Crippen molar-refractivity contribution in [2.45, 2.75) is 0 Å². The summed E-state index contributed by atoms with van der Waals surface area (Å²) in [7, 11) is 0. The topological polar surface area (TPSA) is 78.4 Å². The van der Waals surface area contributed by atoms with E-state index in [-0.39, 0.29) is 5.69 Å². The molecule has 68 valence electrons. The first-order valence-corrected chi connectivity index (χ1v) is 3.83. The van der Waals surface area contributed by atoms with Crippen molar-refractivity contribution in [3.63, 3.8) is 0 Å². The van der Waals surface area contributed by atoms with Crippen molar-refractivity contribution in [2.75, 3.05) is 0 Å². The number of aromatic carboxylic acids is 1. The fourth-order valence-electron chi connectivity index (χ4n) is 1.26. The second-order valence-corrected chi connectivity index (χ2v) is 2.68. The van der Waals surface area contributed by atoms with Gasteiger partial charge in [0, 0.05) is 6.20 Å². The number of nitriles is 1. The Kier molecular flexibility index (Phi) is 1.68. The minimum Gasteiger partial charge on any atom is -0.477 e. The van der Waals surface area contributed by atoms with E-state index in [9.17, 15) is 4.79 Å². The van der Waals surface area contributed by atoms with Crippen molar-refractivity contribution in [1.82, 2.24) is 9.38 Å². The summed E-state index contributed by atoms with van der Waals surface area (Å²) in [5.74, 6) is -1.06. The lowest BCUT2D eigenvalue weighted by Crippen LogP contribution is -2.01. The molecular formula is C9H5N3O2. The van der Waals surface area contributed by atoms with Crippen LogP contribution in [0.2, 0.25) is 0 Å². The fraction of sp³-hybridized carbons (Fsp3) is 0. The van der Waals surface area contributed by atoms with E-state index in [1.165, 1.54) is 10.6 Å². The standard InChI is InChI=1S/C9H5N3O2/c10-4-6-2-1-3-12-7(9(13)14)5-11-8(6)12/h1-3,5H,(H,13,14). The van der Waals surface area contributed by atoms with Crippen LogP contribution in [0.1, 0.15) is 16.1 Å². The molecule has 5 nitrogen and oxygen atoms in total. The van der Waals surface area contributed by atoms with Gasteiger partial charge in [0.1, 0.15) is 6.07 Å². The molecule has 2 heterocycles. The van der Waals surface area contributed by atoms with Gasteiger partial charge in [-0.3, -0.25) is 4.40 Å². The van der Waals surface area contributed by atoms with Crippen molar-refractivity contribution >= 4 is 11.6 Å². The van der Waals surface area contributed by atoms with Crippen LogP contribution in [0.25, 0.3) is 5.65 Å². The van der Waals surface area contributed by atoms with E-state index in [4.69, 9.17) is 10.4 Å². The molecular weight excluding hydrogens is 182 g/mol. The van der Waals surface area contributed by atoms with E-state index in [2.05, 4.69) is 4.98 Å². The summed E-state index contributed by atoms with van der Waals surface area (Å²) >= 11 is 0. The molecule has 0 aliphatic carbocycles. The maximum Gasteiger partial charge on any atom is 0.354 e. The first kappa shape index (κ1) is 8.26. The molecule has 0 fully saturated rings. The monoisotopic (exact) mass is 187 g/mol. The van der Waals surface area contributed by atoms with E-state index in [0.29, 0.717) is 11.2 Å². The van der Waals surface area contributed by atoms with Gasteiger partial charge in [0.05, 0.1) is 11.8 Å². The van der Waals surface area contributed by atoms with E-state index in [1.54, 1.807) is 18.3 Å². The molecule has 14 heavy (non-hydrogen) atoms. The summed E-state index contributed by atoms with van der Waals surface area (Å²) in [4.78, 5) is 14.6. The number of aromatic nitrogens is 2. The molecule has 0 saturated carbocycles. The van der Waals surface area contributed by atoms with Crippen LogP contribution in [0.5, 0.6) is 0 Å². The van der Waals surface area contributed by atoms with Crippen molar-refractivity contribution in [3.8, 4) is 6.07 Å². The molecule has 2 aromatic rings. The van der Waals surface area contributed by atoms with Gasteiger partial charge in [0.25, 0.3) is 0 Å². The van der Waals surface area contributed by atoms with Gasteiger partial charge in [-0.15, -0.1) is 0 Å². The van der Waals surface area contributed by atoms with Crippen LogP contribution in [0.3, 0.4) is 0 Å². The number of rotatable bonds is 1. The van der Waals surface area contributed by atoms with Gasteiger partial charge in [0.15, 0.2) is 11.3 Å². The summed E-state index contributed by atoms with van der Waals surface area (Å²) in [6.07, 6.45) is 2.80. The van der Waals surface area contributed by atoms with E-state index >= 15 is 0 Å². The predicted molar refractivity (Wildman–Crippen MR) is 46.9 cm³/mol. The molecule has 2 aromatic heterocycles. The third-order valence-corrected chi connectivity index (χ3v) is 1.88. The molecule has 0 aromatic carbocycles. The second-order valence-electron chi connectivity index (χ2n) is 2.68. The normalized spacial score (nSPS) is 9.93. The Labute approximate surface area is 78.8 Å². The zero-order valence-electron chi connectivity index (χ0n) is 7.01. The summed E-state index contributed by atoms with van der Waals surface area (Å²) in [5, 5.41) is 17.5. The Morgan fingerprint density at radius 3 is 3.07 bits per heavy atom. The SMILES string of the molecule is N#Cc1cccn2c(C(=O)O)cnc12. The van der Waals surface area contributed by atoms with Crippen LogP contribution in [0, 0.1) is 11.3 Å². The molecule has 0 radical (unpaired) electrons. The highest BCUT2D eigenvalue weighted by Gasteiger charge is 2.11. The van der Waals surface area contributed by atoms with Crippen LogP contribution < -0.4 is 0 Å². The van der Waals surface area contributed by atoms with Crippen LogP contribution in [-0.4, -0.2) is 20.5 Å². The maximum absolute atomic E-state index is 10.7. The molecule has 0 bridgehead atoms. The van der Waals surface area contributed by atoms with Crippen molar-refractivity contribution in [3.05, 3.63) is 35.8 Å². The molecule has 1 N–H and O–H groups in total. The Bertz CT molecular complexity index is 551. The van der Waals surface area contributed by atoms with Gasteiger partial charge in [-0.1, -0.05) is 0 Å². The van der Waals surface area contributed by atoms with Crippen LogP contribution in [0.15, 0.2) is 24.5 Å². The third kappa shape index (κ3) is 1.02. The van der Waals surface area contributed by atoms with E-state index in [0.717, 1.165) is 0 Å². The lowest BCUT2D eigenvalue weighted by Gasteiger charge is -1.96. The largest absolute Gasteiger partial charge is 0.477 e. The molecule has 0 saturated heterocycles. The van der Waals surface area contributed by atoms with Crippen LogP contribution in [-0.2, 0) is 0 Å². The number of hydrogen-bond donors (Lipinski definition) is 1. The van der Waals surface area contributed by atoms with Gasteiger partial charge >= 0.3 is 5.97 Å². The van der Waals surface area contributed by atoms with Crippen molar-refractivity contribution in [1.29, 1.82) is 5.26 Å². The van der Waals surface area contributed by atoms with Gasteiger partial charge in [-0.05, 0) is 12.1 Å². The summed E-state index contributed by atoms with van der Waals surface area (Å²) < 4.78 is 1.38. The average molecular weight is 187 g/mol. The molecule has 0 atom stereocenters. The first-order chi connectivity index (χ1) is 6.74. The highest BCUT2D eigenvalue weighted by molar-refractivity contribution is 5.86. The van der Waals surface area contributed by atoms with Crippen molar-refractivity contribution < 1.29 is 9.90 Å². The summed E-state index contributed by atoms with van der Waals surface area (Å²) in [6.45, 7) is 0. The zero-order chi connectivity index (χ0) is 10.1. The Balaban J connectivity index is 2.84. The van der Waals surface area contributed by atoms with Gasteiger partial charge < -0.3 is 5.11 Å². The Morgan fingerprint density at radius 1 is 1.64 bits per heavy atom. The molecule has 5 heteroatoms. The molecule has 0 aliphatic rings. The van der Waals surface area contributed by atoms with E-state index < -0.39 is 5.97 Å². The highest BCUT2D eigenvalue weighted by Crippen LogP contribution is 2.10. The Hall–Kier alpha value is -2.35. The molecule has 0 aliphatic heterocycles. The average Bonchev–Trinajstić information content (AvgIpc) is 2.60. The quantitative estimate of drug-likeness (QED) is 0.719. The summed E-state index contributed by atoms with van der Waals surface area (Å²) in [6, 6.07) is 5.15. The Morgan fingerprint density at radius 2 is 2.43 bits per heavy atom. The lowest BCUT2D eigenvalue weighted by atomic mass is 10.3. The third-order valence-electron chi connectivity index (χ3n) is 1.88. The van der Waals surface area contributed by atoms with Gasteiger partial charge in [-0.2, -0.15) is 5.26 Å². The molecule has 0 amide bonds. The maximum atomic E-state index is 10.7. The number of carbonyl (C=O) groups is 1. The molecule has 2 rings (SSSR count). The second kappa shape index (κ2) is 2.85. The minimum absolute atomic E-state index is 0.0529. The van der Waals surface area contributed by atoms with Gasteiger partial charge in [0.2, 0.25) is 0 Å². The molecule has 0 unspecified atom stereocenters. The number of fused-ring (bicyclic) bond motifs is 1. The number of nitrogens with zero attached hydrogens (tertiary/aromatic N) is 3. The zero-order valence-corrected chi connectivity index (χ0v) is 7.01. The van der Waals surface area contributed by atoms with Crippen molar-refractivity contribution in [2.24, 2.45) is 0 Å². The van der Waals surface area contributed by atoms with E-state index in [1.807, 2.05) is 6.07 Å². The smallest absolute Gasteiger partial charge is 0.354 e. The number of pyridine rings is 1. The van der Waals surface area contributed by atoms with Gasteiger partial charge in [-0.25, -0.2) is 9.78 Å². The fourth-order valence-corrected chi connectivity index (χ4v) is 1.26. The van der Waals surface area contributed by atoms with Crippen LogP contribution in [0.4, 0.5) is 0 Å². The number of carboxylic acid groups (broad SMARTS) is 1. The molecule has 0 spiro atoms. The predicted octanol–water partition coefficient (Wildman–Crippen LogP) is 0.904. The number of carboxylic acids is 1.